The van der Waals surface area contributed by atoms with Gasteiger partial charge in [0.15, 0.2) is 12.4 Å². The number of aliphatic hydroxyl groups is 8. The van der Waals surface area contributed by atoms with Crippen molar-refractivity contribution in [3.05, 3.63) is 0 Å². The summed E-state index contributed by atoms with van der Waals surface area (Å²) < 4.78 is 45.6. The van der Waals surface area contributed by atoms with Gasteiger partial charge in [0.2, 0.25) is 0 Å². The first-order valence-electron chi connectivity index (χ1n) is 27.4. The van der Waals surface area contributed by atoms with Crippen molar-refractivity contribution in [1.82, 2.24) is 0 Å². The van der Waals surface area contributed by atoms with Crippen LogP contribution < -0.4 is 0 Å². The summed E-state index contributed by atoms with van der Waals surface area (Å²) in [5, 5.41) is 83.0. The third-order valence-electron chi connectivity index (χ3n) is 13.6. The summed E-state index contributed by atoms with van der Waals surface area (Å²) in [7, 11) is -5.37. The molecule has 0 amide bonds. The lowest BCUT2D eigenvalue weighted by Crippen LogP contribution is -2.67. The Hall–Kier alpha value is -1.35. The van der Waals surface area contributed by atoms with Gasteiger partial charge in [0.1, 0.15) is 67.6 Å². The van der Waals surface area contributed by atoms with Crippen molar-refractivity contribution in [3.63, 3.8) is 0 Å². The molecule has 0 aromatic rings. The number of carbonyl (C=O) groups excluding carboxylic acids is 2. The molecule has 19 heteroatoms. The topological polar surface area (TPSA) is 289 Å². The minimum absolute atomic E-state index is 0.0402. The number of aliphatic hydroxyl groups excluding tert-OH is 8. The van der Waals surface area contributed by atoms with E-state index in [1.54, 1.807) is 0 Å². The number of esters is 2. The van der Waals surface area contributed by atoms with E-state index in [0.717, 1.165) is 51.4 Å². The Morgan fingerprint density at radius 2 is 0.857 bits per heavy atom. The van der Waals surface area contributed by atoms with Crippen LogP contribution in [0.1, 0.15) is 219 Å². The van der Waals surface area contributed by atoms with Gasteiger partial charge in [-0.15, -0.1) is 0 Å². The van der Waals surface area contributed by atoms with Crippen molar-refractivity contribution < 1.29 is 87.9 Å². The molecule has 0 bridgehead atoms. The number of phosphoric ester groups is 1. The van der Waals surface area contributed by atoms with E-state index in [2.05, 4.69) is 13.8 Å². The average molecular weight is 1030 g/mol. The van der Waals surface area contributed by atoms with Crippen LogP contribution in [-0.2, 0) is 42.1 Å². The van der Waals surface area contributed by atoms with Crippen molar-refractivity contribution in [1.29, 1.82) is 0 Å². The van der Waals surface area contributed by atoms with Crippen LogP contribution >= 0.6 is 7.82 Å². The van der Waals surface area contributed by atoms with Gasteiger partial charge in [-0.3, -0.25) is 18.6 Å². The summed E-state index contributed by atoms with van der Waals surface area (Å²) in [6, 6.07) is 0. The highest BCUT2D eigenvalue weighted by atomic mass is 31.2. The smallest absolute Gasteiger partial charge is 0.462 e. The number of ether oxygens (including phenoxy) is 4. The third-order valence-corrected chi connectivity index (χ3v) is 14.5. The first kappa shape index (κ1) is 64.8. The van der Waals surface area contributed by atoms with Crippen molar-refractivity contribution in [2.24, 2.45) is 0 Å². The van der Waals surface area contributed by atoms with E-state index in [-0.39, 0.29) is 12.8 Å². The second-order valence-electron chi connectivity index (χ2n) is 19.8. The van der Waals surface area contributed by atoms with Crippen LogP contribution in [0.25, 0.3) is 0 Å². The van der Waals surface area contributed by atoms with Gasteiger partial charge in [-0.05, 0) is 12.8 Å². The predicted molar refractivity (Wildman–Crippen MR) is 263 cm³/mol. The second-order valence-corrected chi connectivity index (χ2v) is 21.2. The van der Waals surface area contributed by atoms with Crippen LogP contribution in [0, 0.1) is 0 Å². The maximum Gasteiger partial charge on any atom is 0.472 e. The molecule has 70 heavy (non-hydrogen) atoms. The molecule has 0 spiro atoms. The number of carbonyl (C=O) groups is 2. The fraction of sp³-hybridized carbons (Fsp3) is 0.961. The van der Waals surface area contributed by atoms with E-state index >= 15 is 0 Å². The van der Waals surface area contributed by atoms with Gasteiger partial charge in [-0.1, -0.05) is 194 Å². The van der Waals surface area contributed by atoms with Gasteiger partial charge >= 0.3 is 19.8 Å². The van der Waals surface area contributed by atoms with E-state index < -0.39 is 113 Å². The molecule has 1 aliphatic heterocycles. The largest absolute Gasteiger partial charge is 0.472 e. The molecule has 1 aliphatic carbocycles. The molecule has 18 nitrogen and oxygen atoms in total. The zero-order valence-corrected chi connectivity index (χ0v) is 43.7. The number of hydrogen-bond donors (Lipinski definition) is 9. The highest BCUT2D eigenvalue weighted by Crippen LogP contribution is 2.48. The lowest BCUT2D eigenvalue weighted by atomic mass is 9.84. The first-order chi connectivity index (χ1) is 33.7. The molecule has 1 heterocycles. The Morgan fingerprint density at radius 3 is 1.27 bits per heavy atom. The normalized spacial score (nSPS) is 27.3. The van der Waals surface area contributed by atoms with Gasteiger partial charge in [-0.2, -0.15) is 0 Å². The Kier molecular flexibility index (Phi) is 36.2. The maximum atomic E-state index is 13.4. The van der Waals surface area contributed by atoms with Crippen LogP contribution in [0.15, 0.2) is 0 Å². The lowest BCUT2D eigenvalue weighted by Gasteiger charge is -2.47. The molecule has 9 N–H and O–H groups in total. The molecule has 13 unspecified atom stereocenters. The predicted octanol–water partition coefficient (Wildman–Crippen LogP) is 7.11. The minimum atomic E-state index is -5.37. The van der Waals surface area contributed by atoms with Gasteiger partial charge in [-0.25, -0.2) is 4.57 Å². The number of rotatable bonds is 43. The Morgan fingerprint density at radius 1 is 0.486 bits per heavy atom. The number of phosphoric acid groups is 1. The molecule has 2 fully saturated rings. The van der Waals surface area contributed by atoms with E-state index in [9.17, 15) is 59.9 Å². The van der Waals surface area contributed by atoms with Gasteiger partial charge < -0.3 is 64.7 Å². The van der Waals surface area contributed by atoms with E-state index in [1.807, 2.05) is 0 Å². The summed E-state index contributed by atoms with van der Waals surface area (Å²) >= 11 is 0. The highest BCUT2D eigenvalue weighted by Gasteiger charge is 2.55. The monoisotopic (exact) mass is 1030 g/mol. The molecule has 0 radical (unpaired) electrons. The average Bonchev–Trinajstić information content (AvgIpc) is 3.34. The molecule has 2 aliphatic rings. The van der Waals surface area contributed by atoms with E-state index in [1.165, 1.54) is 128 Å². The van der Waals surface area contributed by atoms with Crippen molar-refractivity contribution in [3.8, 4) is 0 Å². The summed E-state index contributed by atoms with van der Waals surface area (Å²) in [4.78, 5) is 36.6. The zero-order valence-electron chi connectivity index (χ0n) is 42.8. The van der Waals surface area contributed by atoms with Crippen molar-refractivity contribution in [2.75, 3.05) is 19.8 Å². The summed E-state index contributed by atoms with van der Waals surface area (Å²) in [5.41, 5.74) is 0. The van der Waals surface area contributed by atoms with Crippen molar-refractivity contribution in [2.45, 2.75) is 293 Å². The Balaban J connectivity index is 1.91. The molecule has 1 saturated carbocycles. The quantitative estimate of drug-likeness (QED) is 0.0167. The lowest BCUT2D eigenvalue weighted by molar-refractivity contribution is -0.338. The molecule has 2 rings (SSSR count). The molecule has 414 valence electrons. The maximum absolute atomic E-state index is 13.4. The molecule has 13 atom stereocenters. The van der Waals surface area contributed by atoms with Gasteiger partial charge in [0, 0.05) is 12.8 Å². The minimum Gasteiger partial charge on any atom is -0.462 e. The van der Waals surface area contributed by atoms with Crippen LogP contribution in [0.4, 0.5) is 0 Å². The molecule has 0 aromatic heterocycles. The van der Waals surface area contributed by atoms with Crippen LogP contribution in [0.2, 0.25) is 0 Å². The number of hydrogen-bond acceptors (Lipinski definition) is 17. The molecule has 0 aromatic carbocycles. The molecule has 1 saturated heterocycles. The second kappa shape index (κ2) is 39.1. The Labute approximate surface area is 419 Å². The molecular weight excluding hydrogens is 932 g/mol. The highest BCUT2D eigenvalue weighted by molar-refractivity contribution is 7.47. The van der Waals surface area contributed by atoms with Gasteiger partial charge in [0.25, 0.3) is 0 Å². The van der Waals surface area contributed by atoms with E-state index in [0.29, 0.717) is 12.8 Å². The fourth-order valence-corrected chi connectivity index (χ4v) is 10.0. The third kappa shape index (κ3) is 27.3. The number of unbranched alkanes of at least 4 members (excludes halogenated alkanes) is 28. The summed E-state index contributed by atoms with van der Waals surface area (Å²) in [6.45, 7) is 2.27. The summed E-state index contributed by atoms with van der Waals surface area (Å²) in [6.07, 6.45) is 11.7. The fourth-order valence-electron chi connectivity index (χ4n) is 9.06. The van der Waals surface area contributed by atoms with Crippen molar-refractivity contribution >= 4 is 19.8 Å². The van der Waals surface area contributed by atoms with Crippen LogP contribution in [-0.4, -0.2) is 151 Å². The van der Waals surface area contributed by atoms with Gasteiger partial charge in [0.05, 0.1) is 13.2 Å². The zero-order chi connectivity index (χ0) is 51.6. The SMILES string of the molecule is CCCCCCCCCCCCCCCCCCC(=O)OC(COC(=O)CCCCCCCCCCCCCCCC)COP(=O)(O)OC1C(O)C(O)C(O)C(O)C1OC1OC(CO)C(O)C(O)C1O. The van der Waals surface area contributed by atoms with Crippen LogP contribution in [0.5, 0.6) is 0 Å². The first-order valence-corrected chi connectivity index (χ1v) is 28.9. The Bertz CT molecular complexity index is 1360. The standard InChI is InChI=1S/C51H97O18P/c1-3-5-7-9-11-13-15-17-19-20-22-24-26-28-30-32-34-41(54)66-38(36-64-40(53)33-31-29-27-25-23-21-18-16-14-12-10-8-6-4-2)37-65-70(62,63)69-50-47(60)45(58)44(57)46(59)49(50)68-51-48(61)43(56)42(55)39(35-52)67-51/h38-39,42-52,55-61H,3-37H2,1-2H3,(H,62,63). The summed E-state index contributed by atoms with van der Waals surface area (Å²) in [5.74, 6) is -1.20. The van der Waals surface area contributed by atoms with Crippen LogP contribution in [0.3, 0.4) is 0 Å². The van der Waals surface area contributed by atoms with E-state index in [4.69, 9.17) is 28.0 Å². The molecular formula is C51H97O18P.